The summed E-state index contributed by atoms with van der Waals surface area (Å²) in [5, 5.41) is 0.761. The van der Waals surface area contributed by atoms with Gasteiger partial charge in [0.2, 0.25) is 0 Å². The lowest BCUT2D eigenvalue weighted by atomic mass is 10.0. The fraction of sp³-hybridized carbons (Fsp3) is 0.105. The molecule has 0 fully saturated rings. The fourth-order valence-electron chi connectivity index (χ4n) is 3.13. The molecule has 1 atom stereocenters. The van der Waals surface area contributed by atoms with Crippen LogP contribution in [0.25, 0.3) is 10.9 Å². The van der Waals surface area contributed by atoms with E-state index in [1.54, 1.807) is 49.5 Å². The Bertz CT molecular complexity index is 965. The second-order valence-corrected chi connectivity index (χ2v) is 5.77. The van der Waals surface area contributed by atoms with E-state index in [9.17, 15) is 14.0 Å². The molecule has 4 nitrogen and oxygen atoms in total. The molecule has 0 N–H and O–H groups in total. The van der Waals surface area contributed by atoms with Gasteiger partial charge in [0.15, 0.2) is 0 Å². The monoisotopic (exact) mass is 320 g/mol. The number of carbonyl (C=O) groups is 2. The summed E-state index contributed by atoms with van der Waals surface area (Å²) in [7, 11) is 0. The van der Waals surface area contributed by atoms with Crippen LogP contribution in [-0.2, 0) is 0 Å². The Hall–Kier alpha value is -3.08. The van der Waals surface area contributed by atoms with Crippen LogP contribution in [-0.4, -0.2) is 21.7 Å². The SMILES string of the molecule is CC(c1cc2cccnc2cc1F)N1C(=O)c2ccccc2C1=O. The minimum Gasteiger partial charge on any atom is -0.269 e. The van der Waals surface area contributed by atoms with Crippen molar-refractivity contribution >= 4 is 22.7 Å². The Kier molecular flexibility index (Phi) is 3.16. The van der Waals surface area contributed by atoms with Gasteiger partial charge in [0.05, 0.1) is 22.7 Å². The molecular formula is C19H13FN2O2. The lowest BCUT2D eigenvalue weighted by molar-refractivity contribution is 0.0593. The summed E-state index contributed by atoms with van der Waals surface area (Å²) in [5.74, 6) is -1.27. The maximum absolute atomic E-state index is 14.5. The van der Waals surface area contributed by atoms with Gasteiger partial charge in [-0.3, -0.25) is 19.5 Å². The van der Waals surface area contributed by atoms with E-state index in [0.29, 0.717) is 22.2 Å². The maximum Gasteiger partial charge on any atom is 0.262 e. The summed E-state index contributed by atoms with van der Waals surface area (Å²) in [6.07, 6.45) is 1.59. The van der Waals surface area contributed by atoms with Crippen molar-refractivity contribution in [2.24, 2.45) is 0 Å². The van der Waals surface area contributed by atoms with Gasteiger partial charge in [-0.25, -0.2) is 4.39 Å². The molecule has 0 saturated heterocycles. The fourth-order valence-corrected chi connectivity index (χ4v) is 3.13. The highest BCUT2D eigenvalue weighted by molar-refractivity contribution is 6.21. The zero-order valence-corrected chi connectivity index (χ0v) is 12.9. The molecule has 24 heavy (non-hydrogen) atoms. The van der Waals surface area contributed by atoms with E-state index < -0.39 is 23.7 Å². The third-order valence-electron chi connectivity index (χ3n) is 4.38. The maximum atomic E-state index is 14.5. The van der Waals surface area contributed by atoms with Crippen LogP contribution >= 0.6 is 0 Å². The van der Waals surface area contributed by atoms with E-state index in [1.165, 1.54) is 6.07 Å². The highest BCUT2D eigenvalue weighted by Crippen LogP contribution is 2.33. The third kappa shape index (κ3) is 2.01. The van der Waals surface area contributed by atoms with Crippen LogP contribution in [0.1, 0.15) is 39.2 Å². The van der Waals surface area contributed by atoms with Gasteiger partial charge in [-0.1, -0.05) is 18.2 Å². The van der Waals surface area contributed by atoms with Gasteiger partial charge in [-0.2, -0.15) is 0 Å². The molecule has 3 aromatic rings. The van der Waals surface area contributed by atoms with Crippen molar-refractivity contribution in [3.05, 3.63) is 77.2 Å². The standard InChI is InChI=1S/C19H13FN2O2/c1-11(15-9-12-5-4-8-21-17(12)10-16(15)20)22-18(23)13-6-2-3-7-14(13)19(22)24/h2-11H,1H3. The van der Waals surface area contributed by atoms with Crippen molar-refractivity contribution in [1.82, 2.24) is 9.88 Å². The number of amides is 2. The number of hydrogen-bond acceptors (Lipinski definition) is 3. The van der Waals surface area contributed by atoms with Crippen molar-refractivity contribution in [3.8, 4) is 0 Å². The van der Waals surface area contributed by atoms with Crippen LogP contribution in [0, 0.1) is 5.82 Å². The number of hydrogen-bond donors (Lipinski definition) is 0. The van der Waals surface area contributed by atoms with Crippen molar-refractivity contribution in [2.75, 3.05) is 0 Å². The van der Waals surface area contributed by atoms with Crippen LogP contribution < -0.4 is 0 Å². The van der Waals surface area contributed by atoms with Crippen LogP contribution in [0.3, 0.4) is 0 Å². The van der Waals surface area contributed by atoms with Crippen LogP contribution in [0.2, 0.25) is 0 Å². The molecule has 1 unspecified atom stereocenters. The van der Waals surface area contributed by atoms with Gasteiger partial charge in [0, 0.05) is 23.2 Å². The largest absolute Gasteiger partial charge is 0.269 e. The minimum atomic E-state index is -0.706. The Morgan fingerprint density at radius 2 is 1.67 bits per heavy atom. The normalized spacial score (nSPS) is 15.0. The highest BCUT2D eigenvalue weighted by atomic mass is 19.1. The van der Waals surface area contributed by atoms with Gasteiger partial charge < -0.3 is 0 Å². The molecule has 2 aromatic carbocycles. The summed E-state index contributed by atoms with van der Waals surface area (Å²) < 4.78 is 14.5. The van der Waals surface area contributed by atoms with Crippen LogP contribution in [0.15, 0.2) is 54.7 Å². The highest BCUT2D eigenvalue weighted by Gasteiger charge is 2.39. The zero-order chi connectivity index (χ0) is 16.8. The van der Waals surface area contributed by atoms with Crippen LogP contribution in [0.4, 0.5) is 4.39 Å². The average Bonchev–Trinajstić information content (AvgIpc) is 2.85. The first-order valence-corrected chi connectivity index (χ1v) is 7.59. The third-order valence-corrected chi connectivity index (χ3v) is 4.38. The lowest BCUT2D eigenvalue weighted by Gasteiger charge is -2.23. The Balaban J connectivity index is 1.80. The Morgan fingerprint density at radius 1 is 1.00 bits per heavy atom. The number of rotatable bonds is 2. The van der Waals surface area contributed by atoms with Crippen LogP contribution in [0.5, 0.6) is 0 Å². The summed E-state index contributed by atoms with van der Waals surface area (Å²) in [6.45, 7) is 1.66. The number of nitrogens with zero attached hydrogens (tertiary/aromatic N) is 2. The number of imide groups is 1. The second kappa shape index (κ2) is 5.23. The topological polar surface area (TPSA) is 50.3 Å². The van der Waals surface area contributed by atoms with Crippen molar-refractivity contribution < 1.29 is 14.0 Å². The second-order valence-electron chi connectivity index (χ2n) is 5.77. The quantitative estimate of drug-likeness (QED) is 0.676. The van der Waals surface area contributed by atoms with E-state index in [4.69, 9.17) is 0 Å². The molecule has 0 bridgehead atoms. The predicted molar refractivity (Wildman–Crippen MR) is 87.1 cm³/mol. The van der Waals surface area contributed by atoms with E-state index >= 15 is 0 Å². The molecule has 1 aromatic heterocycles. The van der Waals surface area contributed by atoms with Crippen molar-refractivity contribution in [2.45, 2.75) is 13.0 Å². The van der Waals surface area contributed by atoms with Gasteiger partial charge in [0.1, 0.15) is 5.82 Å². The molecule has 0 radical (unpaired) electrons. The molecule has 1 aliphatic heterocycles. The molecule has 2 heterocycles. The molecule has 2 amide bonds. The van der Waals surface area contributed by atoms with E-state index in [1.807, 2.05) is 6.07 Å². The summed E-state index contributed by atoms with van der Waals surface area (Å²) in [5.41, 5.74) is 1.55. The van der Waals surface area contributed by atoms with Gasteiger partial charge in [-0.15, -0.1) is 0 Å². The smallest absolute Gasteiger partial charge is 0.262 e. The van der Waals surface area contributed by atoms with Crippen molar-refractivity contribution in [3.63, 3.8) is 0 Å². The van der Waals surface area contributed by atoms with E-state index in [-0.39, 0.29) is 0 Å². The number of carbonyl (C=O) groups excluding carboxylic acids is 2. The molecule has 4 rings (SSSR count). The lowest BCUT2D eigenvalue weighted by Crippen LogP contribution is -2.33. The van der Waals surface area contributed by atoms with E-state index in [2.05, 4.69) is 4.98 Å². The molecule has 0 saturated carbocycles. The molecule has 0 aliphatic carbocycles. The molecule has 1 aliphatic rings. The van der Waals surface area contributed by atoms with E-state index in [0.717, 1.165) is 10.3 Å². The van der Waals surface area contributed by atoms with Gasteiger partial charge >= 0.3 is 0 Å². The average molecular weight is 320 g/mol. The first-order valence-electron chi connectivity index (χ1n) is 7.59. The first-order chi connectivity index (χ1) is 11.6. The predicted octanol–water partition coefficient (Wildman–Crippen LogP) is 3.73. The van der Waals surface area contributed by atoms with Gasteiger partial charge in [0.25, 0.3) is 11.8 Å². The summed E-state index contributed by atoms with van der Waals surface area (Å²) >= 11 is 0. The zero-order valence-electron chi connectivity index (χ0n) is 12.9. The Labute approximate surface area is 137 Å². The van der Waals surface area contributed by atoms with Crippen molar-refractivity contribution in [1.29, 1.82) is 0 Å². The number of aromatic nitrogens is 1. The number of halogens is 1. The molecular weight excluding hydrogens is 307 g/mol. The minimum absolute atomic E-state index is 0.296. The summed E-state index contributed by atoms with van der Waals surface area (Å²) in [4.78, 5) is 30.4. The summed E-state index contributed by atoms with van der Waals surface area (Å²) in [6, 6.07) is 12.5. The van der Waals surface area contributed by atoms with Gasteiger partial charge in [-0.05, 0) is 31.2 Å². The number of benzene rings is 2. The number of fused-ring (bicyclic) bond motifs is 2. The molecule has 5 heteroatoms. The molecule has 118 valence electrons. The number of pyridine rings is 1. The Morgan fingerprint density at radius 3 is 2.33 bits per heavy atom. The first kappa shape index (κ1) is 14.5. The molecule has 0 spiro atoms.